The van der Waals surface area contributed by atoms with Gasteiger partial charge in [-0.25, -0.2) is 0 Å². The number of para-hydroxylation sites is 1. The predicted octanol–water partition coefficient (Wildman–Crippen LogP) is 14.4. The van der Waals surface area contributed by atoms with Crippen LogP contribution in [0.4, 0.5) is 17.1 Å². The lowest BCUT2D eigenvalue weighted by atomic mass is 9.96. The number of benzene rings is 9. The van der Waals surface area contributed by atoms with E-state index in [0.717, 1.165) is 44.6 Å². The Bertz CT molecular complexity index is 2900. The summed E-state index contributed by atoms with van der Waals surface area (Å²) in [5.41, 5.74) is 12.1. The van der Waals surface area contributed by atoms with Gasteiger partial charge in [0.15, 0.2) is 0 Å². The predicted molar refractivity (Wildman–Crippen MR) is 220 cm³/mol. The molecule has 0 unspecified atom stereocenters. The Kier molecular flexibility index (Phi) is 7.18. The molecule has 0 amide bonds. The molecule has 0 bridgehead atoms. The minimum absolute atomic E-state index is 0.873. The van der Waals surface area contributed by atoms with Crippen molar-refractivity contribution in [2.45, 2.75) is 0 Å². The fourth-order valence-corrected chi connectivity index (χ4v) is 7.60. The van der Waals surface area contributed by atoms with Gasteiger partial charge in [0, 0.05) is 16.8 Å². The molecule has 52 heavy (non-hydrogen) atoms. The molecule has 0 atom stereocenters. The van der Waals surface area contributed by atoms with Gasteiger partial charge in [-0.15, -0.1) is 0 Å². The summed E-state index contributed by atoms with van der Waals surface area (Å²) in [6, 6.07) is 71.8. The molecule has 0 radical (unpaired) electrons. The van der Waals surface area contributed by atoms with Crippen LogP contribution in [0.25, 0.3) is 76.9 Å². The van der Waals surface area contributed by atoms with E-state index in [1.807, 2.05) is 12.1 Å². The van der Waals surface area contributed by atoms with Crippen LogP contribution in [0.1, 0.15) is 0 Å². The van der Waals surface area contributed by atoms with Crippen molar-refractivity contribution in [2.24, 2.45) is 0 Å². The molecular weight excluding hydrogens is 631 g/mol. The molecular formula is C50H33NO. The Morgan fingerprint density at radius 1 is 0.308 bits per heavy atom. The van der Waals surface area contributed by atoms with Crippen molar-refractivity contribution in [1.29, 1.82) is 0 Å². The standard InChI is InChI=1S/C50H33NO/c1-2-10-34(11-3-1)36-26-28-44(29-27-36)51(47-17-9-19-49-50(47)46-16-6-7-18-48(46)52-49)45-15-8-14-39(33-45)41-24-21-37-22-25-42(32-43(37)31-41)40-23-20-35-12-4-5-13-38(35)30-40/h1-33H. The number of anilines is 3. The SMILES string of the molecule is c1ccc(-c2ccc(N(c3cccc(-c4ccc5ccc(-c6ccc7ccccc7c6)cc5c4)c3)c3cccc4oc5ccccc5c34)cc2)cc1. The lowest BCUT2D eigenvalue weighted by Crippen LogP contribution is -2.10. The van der Waals surface area contributed by atoms with Crippen molar-refractivity contribution >= 4 is 60.5 Å². The summed E-state index contributed by atoms with van der Waals surface area (Å²) < 4.78 is 6.36. The number of hydrogen-bond acceptors (Lipinski definition) is 2. The largest absolute Gasteiger partial charge is 0.456 e. The van der Waals surface area contributed by atoms with E-state index in [2.05, 4.69) is 193 Å². The average molecular weight is 664 g/mol. The summed E-state index contributed by atoms with van der Waals surface area (Å²) in [4.78, 5) is 2.36. The first-order valence-corrected chi connectivity index (χ1v) is 17.7. The quantitative estimate of drug-likeness (QED) is 0.176. The van der Waals surface area contributed by atoms with Gasteiger partial charge >= 0.3 is 0 Å². The molecule has 10 aromatic rings. The van der Waals surface area contributed by atoms with E-state index in [1.54, 1.807) is 0 Å². The minimum Gasteiger partial charge on any atom is -0.456 e. The molecule has 0 aliphatic rings. The second-order valence-corrected chi connectivity index (χ2v) is 13.4. The molecule has 0 N–H and O–H groups in total. The number of rotatable bonds is 6. The molecule has 0 saturated heterocycles. The van der Waals surface area contributed by atoms with E-state index >= 15 is 0 Å². The number of fused-ring (bicyclic) bond motifs is 5. The second-order valence-electron chi connectivity index (χ2n) is 13.4. The first kappa shape index (κ1) is 30.0. The van der Waals surface area contributed by atoms with Crippen molar-refractivity contribution < 1.29 is 4.42 Å². The fourth-order valence-electron chi connectivity index (χ4n) is 7.60. The highest BCUT2D eigenvalue weighted by Gasteiger charge is 2.20. The Balaban J connectivity index is 1.10. The van der Waals surface area contributed by atoms with Gasteiger partial charge in [-0.2, -0.15) is 0 Å². The maximum Gasteiger partial charge on any atom is 0.137 e. The van der Waals surface area contributed by atoms with Crippen molar-refractivity contribution in [1.82, 2.24) is 0 Å². The van der Waals surface area contributed by atoms with Gasteiger partial charge in [-0.05, 0) is 116 Å². The minimum atomic E-state index is 0.873. The summed E-state index contributed by atoms with van der Waals surface area (Å²) in [6.07, 6.45) is 0. The van der Waals surface area contributed by atoms with Crippen molar-refractivity contribution in [3.63, 3.8) is 0 Å². The Labute approximate surface area is 302 Å². The van der Waals surface area contributed by atoms with Crippen LogP contribution >= 0.6 is 0 Å². The molecule has 2 nitrogen and oxygen atoms in total. The lowest BCUT2D eigenvalue weighted by Gasteiger charge is -2.27. The van der Waals surface area contributed by atoms with Crippen LogP contribution in [0.5, 0.6) is 0 Å². The highest BCUT2D eigenvalue weighted by Crippen LogP contribution is 2.44. The van der Waals surface area contributed by atoms with Gasteiger partial charge in [0.05, 0.1) is 11.1 Å². The molecule has 0 spiro atoms. The average Bonchev–Trinajstić information content (AvgIpc) is 3.61. The fraction of sp³-hybridized carbons (Fsp3) is 0. The third-order valence-corrected chi connectivity index (χ3v) is 10.2. The molecule has 10 rings (SSSR count). The van der Waals surface area contributed by atoms with Crippen LogP contribution in [-0.2, 0) is 0 Å². The lowest BCUT2D eigenvalue weighted by molar-refractivity contribution is 0.669. The van der Waals surface area contributed by atoms with Gasteiger partial charge in [-0.1, -0.05) is 140 Å². The smallest absolute Gasteiger partial charge is 0.137 e. The molecule has 0 fully saturated rings. The van der Waals surface area contributed by atoms with Gasteiger partial charge < -0.3 is 9.32 Å². The zero-order valence-corrected chi connectivity index (χ0v) is 28.4. The van der Waals surface area contributed by atoms with E-state index in [9.17, 15) is 0 Å². The first-order valence-electron chi connectivity index (χ1n) is 17.7. The summed E-state index contributed by atoms with van der Waals surface area (Å²) in [5, 5.41) is 7.16. The van der Waals surface area contributed by atoms with E-state index in [-0.39, 0.29) is 0 Å². The van der Waals surface area contributed by atoms with Crippen LogP contribution in [0.2, 0.25) is 0 Å². The summed E-state index contributed by atoms with van der Waals surface area (Å²) in [5.74, 6) is 0. The molecule has 244 valence electrons. The zero-order valence-electron chi connectivity index (χ0n) is 28.4. The number of furan rings is 1. The molecule has 2 heteroatoms. The monoisotopic (exact) mass is 663 g/mol. The van der Waals surface area contributed by atoms with Crippen LogP contribution in [0.3, 0.4) is 0 Å². The summed E-state index contributed by atoms with van der Waals surface area (Å²) >= 11 is 0. The van der Waals surface area contributed by atoms with E-state index in [1.165, 1.54) is 49.4 Å². The topological polar surface area (TPSA) is 16.4 Å². The molecule has 9 aromatic carbocycles. The van der Waals surface area contributed by atoms with Crippen LogP contribution in [0, 0.1) is 0 Å². The highest BCUT2D eigenvalue weighted by atomic mass is 16.3. The van der Waals surface area contributed by atoms with Crippen molar-refractivity contribution in [3.05, 3.63) is 200 Å². The first-order chi connectivity index (χ1) is 25.7. The van der Waals surface area contributed by atoms with Gasteiger partial charge in [-0.3, -0.25) is 0 Å². The maximum absolute atomic E-state index is 6.36. The molecule has 1 heterocycles. The Morgan fingerprint density at radius 2 is 0.846 bits per heavy atom. The second kappa shape index (κ2) is 12.5. The van der Waals surface area contributed by atoms with Crippen LogP contribution in [-0.4, -0.2) is 0 Å². The van der Waals surface area contributed by atoms with Crippen molar-refractivity contribution in [3.8, 4) is 33.4 Å². The van der Waals surface area contributed by atoms with Gasteiger partial charge in [0.25, 0.3) is 0 Å². The molecule has 1 aromatic heterocycles. The van der Waals surface area contributed by atoms with E-state index < -0.39 is 0 Å². The third kappa shape index (κ3) is 5.30. The molecule has 0 saturated carbocycles. The highest BCUT2D eigenvalue weighted by molar-refractivity contribution is 6.13. The van der Waals surface area contributed by atoms with Crippen LogP contribution in [0.15, 0.2) is 205 Å². The van der Waals surface area contributed by atoms with Crippen molar-refractivity contribution in [2.75, 3.05) is 4.90 Å². The van der Waals surface area contributed by atoms with Crippen LogP contribution < -0.4 is 4.90 Å². The Hall–Kier alpha value is -6.90. The summed E-state index contributed by atoms with van der Waals surface area (Å²) in [7, 11) is 0. The van der Waals surface area contributed by atoms with E-state index in [0.29, 0.717) is 0 Å². The van der Waals surface area contributed by atoms with Gasteiger partial charge in [0.2, 0.25) is 0 Å². The number of hydrogen-bond donors (Lipinski definition) is 0. The zero-order chi connectivity index (χ0) is 34.4. The Morgan fingerprint density at radius 3 is 1.62 bits per heavy atom. The summed E-state index contributed by atoms with van der Waals surface area (Å²) in [6.45, 7) is 0. The normalized spacial score (nSPS) is 11.5. The third-order valence-electron chi connectivity index (χ3n) is 10.2. The van der Waals surface area contributed by atoms with Gasteiger partial charge in [0.1, 0.15) is 11.2 Å². The number of nitrogens with zero attached hydrogens (tertiary/aromatic N) is 1. The molecule has 0 aliphatic carbocycles. The molecule has 0 aliphatic heterocycles. The van der Waals surface area contributed by atoms with E-state index in [4.69, 9.17) is 4.42 Å². The maximum atomic E-state index is 6.36.